The van der Waals surface area contributed by atoms with Crippen molar-refractivity contribution < 1.29 is 9.53 Å². The number of hydrogen-bond donors (Lipinski definition) is 2. The Kier molecular flexibility index (Phi) is 6.04. The summed E-state index contributed by atoms with van der Waals surface area (Å²) in [7, 11) is 1.49. The molecule has 1 aromatic heterocycles. The van der Waals surface area contributed by atoms with Gasteiger partial charge in [0.05, 0.1) is 23.4 Å². The van der Waals surface area contributed by atoms with Crippen LogP contribution >= 0.6 is 11.6 Å². The van der Waals surface area contributed by atoms with Gasteiger partial charge in [0.1, 0.15) is 5.75 Å². The zero-order valence-electron chi connectivity index (χ0n) is 14.0. The van der Waals surface area contributed by atoms with Gasteiger partial charge in [-0.1, -0.05) is 31.5 Å². The highest BCUT2D eigenvalue weighted by molar-refractivity contribution is 6.33. The molecule has 0 radical (unpaired) electrons. The largest absolute Gasteiger partial charge is 0.496 e. The van der Waals surface area contributed by atoms with Crippen molar-refractivity contribution in [3.05, 3.63) is 52.8 Å². The number of nitrogen functional groups attached to an aromatic ring is 1. The van der Waals surface area contributed by atoms with Gasteiger partial charge in [-0.05, 0) is 23.6 Å². The number of hydrogen-bond acceptors (Lipinski definition) is 4. The van der Waals surface area contributed by atoms with Crippen LogP contribution < -0.4 is 15.8 Å². The fourth-order valence-electron chi connectivity index (χ4n) is 2.55. The third kappa shape index (κ3) is 4.17. The van der Waals surface area contributed by atoms with Gasteiger partial charge in [-0.2, -0.15) is 0 Å². The van der Waals surface area contributed by atoms with Gasteiger partial charge in [-0.3, -0.25) is 9.78 Å². The molecule has 128 valence electrons. The molecule has 0 spiro atoms. The summed E-state index contributed by atoms with van der Waals surface area (Å²) in [5.74, 6) is 0.671. The van der Waals surface area contributed by atoms with E-state index in [0.29, 0.717) is 34.5 Å². The number of nitrogens with one attached hydrogen (secondary N) is 1. The Labute approximate surface area is 147 Å². The molecule has 24 heavy (non-hydrogen) atoms. The number of halogens is 1. The highest BCUT2D eigenvalue weighted by Crippen LogP contribution is 2.29. The van der Waals surface area contributed by atoms with E-state index in [1.807, 2.05) is 18.3 Å². The molecule has 1 amide bonds. The maximum absolute atomic E-state index is 12.5. The van der Waals surface area contributed by atoms with Gasteiger partial charge in [-0.25, -0.2) is 0 Å². The molecule has 0 aliphatic heterocycles. The lowest BCUT2D eigenvalue weighted by atomic mass is 9.89. The van der Waals surface area contributed by atoms with Crippen molar-refractivity contribution in [2.45, 2.75) is 19.8 Å². The minimum absolute atomic E-state index is 0.165. The molecule has 1 atom stereocenters. The van der Waals surface area contributed by atoms with E-state index >= 15 is 0 Å². The van der Waals surface area contributed by atoms with Gasteiger partial charge >= 0.3 is 0 Å². The fourth-order valence-corrected chi connectivity index (χ4v) is 2.71. The lowest BCUT2D eigenvalue weighted by Crippen LogP contribution is -2.30. The molecule has 0 saturated carbocycles. The standard InChI is InChI=1S/C18H22ClN3O2/c1-11(2)14(12-5-4-6-21-9-12)10-22-18(23)13-7-15(19)16(20)8-17(13)24-3/h4-9,11,14H,10,20H2,1-3H3,(H,22,23). The summed E-state index contributed by atoms with van der Waals surface area (Å²) in [6, 6.07) is 7.00. The van der Waals surface area contributed by atoms with Gasteiger partial charge in [0.15, 0.2) is 0 Å². The van der Waals surface area contributed by atoms with E-state index in [0.717, 1.165) is 5.56 Å². The molecule has 3 N–H and O–H groups in total. The van der Waals surface area contributed by atoms with Crippen LogP contribution in [0.15, 0.2) is 36.7 Å². The minimum Gasteiger partial charge on any atom is -0.496 e. The molecule has 2 rings (SSSR count). The van der Waals surface area contributed by atoms with Gasteiger partial charge in [0, 0.05) is 30.9 Å². The number of aromatic nitrogens is 1. The van der Waals surface area contributed by atoms with E-state index in [2.05, 4.69) is 24.1 Å². The molecule has 6 heteroatoms. The van der Waals surface area contributed by atoms with Crippen molar-refractivity contribution >= 4 is 23.2 Å². The van der Waals surface area contributed by atoms with Crippen molar-refractivity contribution in [2.24, 2.45) is 5.92 Å². The molecule has 0 bridgehead atoms. The highest BCUT2D eigenvalue weighted by Gasteiger charge is 2.20. The average Bonchev–Trinajstić information content (AvgIpc) is 2.57. The zero-order valence-corrected chi connectivity index (χ0v) is 14.8. The Bertz CT molecular complexity index is 705. The second-order valence-corrected chi connectivity index (χ2v) is 6.33. The van der Waals surface area contributed by atoms with E-state index in [4.69, 9.17) is 22.1 Å². The quantitative estimate of drug-likeness (QED) is 0.784. The van der Waals surface area contributed by atoms with Crippen molar-refractivity contribution in [3.63, 3.8) is 0 Å². The van der Waals surface area contributed by atoms with Crippen molar-refractivity contribution in [1.82, 2.24) is 10.3 Å². The number of methoxy groups -OCH3 is 1. The Balaban J connectivity index is 2.16. The van der Waals surface area contributed by atoms with Crippen LogP contribution in [0.5, 0.6) is 5.75 Å². The highest BCUT2D eigenvalue weighted by atomic mass is 35.5. The molecule has 5 nitrogen and oxygen atoms in total. The molecule has 0 saturated heterocycles. The van der Waals surface area contributed by atoms with Crippen molar-refractivity contribution in [1.29, 1.82) is 0 Å². The second kappa shape index (κ2) is 8.02. The Hall–Kier alpha value is -2.27. The first-order valence-corrected chi connectivity index (χ1v) is 8.13. The topological polar surface area (TPSA) is 77.2 Å². The van der Waals surface area contributed by atoms with Gasteiger partial charge in [0.2, 0.25) is 0 Å². The molecule has 0 fully saturated rings. The first-order chi connectivity index (χ1) is 11.4. The predicted molar refractivity (Wildman–Crippen MR) is 96.6 cm³/mol. The fraction of sp³-hybridized carbons (Fsp3) is 0.333. The van der Waals surface area contributed by atoms with Crippen LogP contribution in [0.1, 0.15) is 35.7 Å². The third-order valence-electron chi connectivity index (χ3n) is 3.96. The van der Waals surface area contributed by atoms with Crippen LogP contribution in [0.25, 0.3) is 0 Å². The first-order valence-electron chi connectivity index (χ1n) is 7.75. The monoisotopic (exact) mass is 347 g/mol. The molecule has 1 unspecified atom stereocenters. The number of carbonyl (C=O) groups excluding carboxylic acids is 1. The maximum atomic E-state index is 12.5. The molecule has 2 aromatic rings. The van der Waals surface area contributed by atoms with Crippen molar-refractivity contribution in [2.75, 3.05) is 19.4 Å². The summed E-state index contributed by atoms with van der Waals surface area (Å²) >= 11 is 6.03. The maximum Gasteiger partial charge on any atom is 0.255 e. The molecular weight excluding hydrogens is 326 g/mol. The Morgan fingerprint density at radius 2 is 2.17 bits per heavy atom. The zero-order chi connectivity index (χ0) is 17.7. The lowest BCUT2D eigenvalue weighted by molar-refractivity contribution is 0.0946. The van der Waals surface area contributed by atoms with Crippen LogP contribution in [0.3, 0.4) is 0 Å². The SMILES string of the molecule is COc1cc(N)c(Cl)cc1C(=O)NCC(c1cccnc1)C(C)C. The van der Waals surface area contributed by atoms with Crippen LogP contribution in [0.4, 0.5) is 5.69 Å². The number of rotatable bonds is 6. The summed E-state index contributed by atoms with van der Waals surface area (Å²) < 4.78 is 5.23. The van der Waals surface area contributed by atoms with E-state index in [1.54, 1.807) is 12.3 Å². The summed E-state index contributed by atoms with van der Waals surface area (Å²) in [4.78, 5) is 16.7. The van der Waals surface area contributed by atoms with E-state index in [9.17, 15) is 4.79 Å². The summed E-state index contributed by atoms with van der Waals surface area (Å²) in [5, 5.41) is 3.28. The molecule has 1 heterocycles. The van der Waals surface area contributed by atoms with Crippen LogP contribution in [-0.4, -0.2) is 24.5 Å². The van der Waals surface area contributed by atoms with E-state index in [-0.39, 0.29) is 11.8 Å². The van der Waals surface area contributed by atoms with Gasteiger partial charge in [0.25, 0.3) is 5.91 Å². The normalized spacial score (nSPS) is 12.0. The first kappa shape index (κ1) is 18.1. The third-order valence-corrected chi connectivity index (χ3v) is 4.29. The summed E-state index contributed by atoms with van der Waals surface area (Å²) in [6.45, 7) is 4.72. The number of pyridine rings is 1. The smallest absolute Gasteiger partial charge is 0.255 e. The second-order valence-electron chi connectivity index (χ2n) is 5.92. The number of ether oxygens (including phenoxy) is 1. The molecular formula is C18H22ClN3O2. The summed E-state index contributed by atoms with van der Waals surface area (Å²) in [6.07, 6.45) is 3.57. The van der Waals surface area contributed by atoms with E-state index < -0.39 is 0 Å². The van der Waals surface area contributed by atoms with Gasteiger partial charge < -0.3 is 15.8 Å². The number of nitrogens with two attached hydrogens (primary N) is 1. The number of anilines is 1. The Morgan fingerprint density at radius 3 is 2.75 bits per heavy atom. The van der Waals surface area contributed by atoms with Crippen LogP contribution in [0.2, 0.25) is 5.02 Å². The lowest BCUT2D eigenvalue weighted by Gasteiger charge is -2.22. The number of benzene rings is 1. The number of amides is 1. The molecule has 1 aromatic carbocycles. The van der Waals surface area contributed by atoms with Crippen LogP contribution in [-0.2, 0) is 0 Å². The Morgan fingerprint density at radius 1 is 1.42 bits per heavy atom. The van der Waals surface area contributed by atoms with Crippen LogP contribution in [0, 0.1) is 5.92 Å². The minimum atomic E-state index is -0.247. The molecule has 0 aliphatic carbocycles. The van der Waals surface area contributed by atoms with Gasteiger partial charge in [-0.15, -0.1) is 0 Å². The molecule has 0 aliphatic rings. The predicted octanol–water partition coefficient (Wildman–Crippen LogP) is 3.50. The number of nitrogens with zero attached hydrogens (tertiary/aromatic N) is 1. The van der Waals surface area contributed by atoms with Crippen molar-refractivity contribution in [3.8, 4) is 5.75 Å². The van der Waals surface area contributed by atoms with E-state index in [1.165, 1.54) is 13.2 Å². The summed E-state index contributed by atoms with van der Waals surface area (Å²) in [5.41, 5.74) is 7.59. The number of carbonyl (C=O) groups is 1. The average molecular weight is 348 g/mol.